The van der Waals surface area contributed by atoms with Crippen molar-refractivity contribution in [1.29, 1.82) is 0 Å². The Bertz CT molecular complexity index is 1320. The van der Waals surface area contributed by atoms with E-state index in [1.54, 1.807) is 44.6 Å². The summed E-state index contributed by atoms with van der Waals surface area (Å²) in [6, 6.07) is 7.85. The van der Waals surface area contributed by atoms with Gasteiger partial charge in [0.2, 0.25) is 0 Å². The third-order valence-electron chi connectivity index (χ3n) is 6.68. The maximum absolute atomic E-state index is 13.6. The van der Waals surface area contributed by atoms with Gasteiger partial charge in [0.05, 0.1) is 23.1 Å². The van der Waals surface area contributed by atoms with Crippen LogP contribution in [0.5, 0.6) is 0 Å². The Morgan fingerprint density at radius 3 is 2.28 bits per heavy atom. The average Bonchev–Trinajstić information content (AvgIpc) is 3.09. The number of nitrogens with one attached hydrogen (secondary N) is 2. The number of Topliss-reactive ketones (excluding diaryl/α,β-unsaturated/α-hetero) is 1. The van der Waals surface area contributed by atoms with Gasteiger partial charge in [-0.05, 0) is 81.5 Å². The number of rotatable bonds is 6. The first-order valence-corrected chi connectivity index (χ1v) is 12.0. The molecule has 2 aromatic heterocycles. The average molecular weight is 492 g/mol. The summed E-state index contributed by atoms with van der Waals surface area (Å²) in [6.45, 7) is 6.86. The number of benzene rings is 1. The summed E-state index contributed by atoms with van der Waals surface area (Å²) < 4.78 is 15.1. The van der Waals surface area contributed by atoms with Crippen LogP contribution in [0.1, 0.15) is 56.9 Å². The number of amides is 2. The molecule has 0 spiro atoms. The molecule has 0 atom stereocenters. The van der Waals surface area contributed by atoms with E-state index >= 15 is 0 Å². The van der Waals surface area contributed by atoms with Gasteiger partial charge >= 0.3 is 0 Å². The highest BCUT2D eigenvalue weighted by Crippen LogP contribution is 2.25. The van der Waals surface area contributed by atoms with Crippen molar-refractivity contribution in [2.24, 2.45) is 7.05 Å². The van der Waals surface area contributed by atoms with E-state index in [2.05, 4.69) is 20.5 Å². The molecular formula is C27H30FN5O3. The number of aromatic nitrogens is 2. The van der Waals surface area contributed by atoms with Gasteiger partial charge in [0.1, 0.15) is 11.6 Å². The fraction of sp³-hybridized carbons (Fsp3) is 0.333. The lowest BCUT2D eigenvalue weighted by Gasteiger charge is -2.27. The summed E-state index contributed by atoms with van der Waals surface area (Å²) in [5.74, 6) is -1.53. The Kier molecular flexibility index (Phi) is 7.19. The molecule has 0 aliphatic carbocycles. The molecule has 1 fully saturated rings. The van der Waals surface area contributed by atoms with E-state index in [4.69, 9.17) is 0 Å². The standard InChI is InChI=1S/C27H30FN5O3/c1-16-14-19(8-10-21(16)28)30-26(35)23-17(2)24(32(4)18(23)3)25(34)27(36)31-20-9-11-22(29-15-20)33-12-6-5-7-13-33/h8-11,14-15H,5-7,12-13H2,1-4H3,(H,30,35)(H,31,36). The number of pyridine rings is 1. The molecule has 9 heteroatoms. The topological polar surface area (TPSA) is 96.3 Å². The zero-order valence-electron chi connectivity index (χ0n) is 20.9. The monoisotopic (exact) mass is 491 g/mol. The molecule has 0 unspecified atom stereocenters. The second kappa shape index (κ2) is 10.3. The second-order valence-electron chi connectivity index (χ2n) is 9.15. The van der Waals surface area contributed by atoms with Crippen LogP contribution in [0.4, 0.5) is 21.6 Å². The zero-order valence-corrected chi connectivity index (χ0v) is 20.9. The summed E-state index contributed by atoms with van der Waals surface area (Å²) in [5.41, 5.74) is 2.61. The Morgan fingerprint density at radius 1 is 0.944 bits per heavy atom. The van der Waals surface area contributed by atoms with Crippen LogP contribution in [-0.4, -0.2) is 40.2 Å². The maximum Gasteiger partial charge on any atom is 0.298 e. The molecule has 0 bridgehead atoms. The van der Waals surface area contributed by atoms with E-state index < -0.39 is 17.6 Å². The number of hydrogen-bond acceptors (Lipinski definition) is 5. The van der Waals surface area contributed by atoms with Gasteiger partial charge in [0.15, 0.2) is 0 Å². The molecule has 3 aromatic rings. The molecule has 3 heterocycles. The minimum absolute atomic E-state index is 0.128. The molecule has 1 aliphatic heterocycles. The number of nitrogens with zero attached hydrogens (tertiary/aromatic N) is 3. The predicted octanol–water partition coefficient (Wildman–Crippen LogP) is 4.55. The zero-order chi connectivity index (χ0) is 26.0. The highest BCUT2D eigenvalue weighted by molar-refractivity contribution is 6.46. The van der Waals surface area contributed by atoms with Crippen LogP contribution < -0.4 is 15.5 Å². The first-order valence-electron chi connectivity index (χ1n) is 12.0. The summed E-state index contributed by atoms with van der Waals surface area (Å²) >= 11 is 0. The Balaban J connectivity index is 1.50. The van der Waals surface area contributed by atoms with Gasteiger partial charge < -0.3 is 20.1 Å². The number of anilines is 3. The lowest BCUT2D eigenvalue weighted by atomic mass is 10.1. The molecule has 2 amide bonds. The van der Waals surface area contributed by atoms with Gasteiger partial charge in [0, 0.05) is 31.5 Å². The van der Waals surface area contributed by atoms with E-state index in [0.717, 1.165) is 31.7 Å². The number of ketones is 1. The Morgan fingerprint density at radius 2 is 1.64 bits per heavy atom. The van der Waals surface area contributed by atoms with Crippen molar-refractivity contribution >= 4 is 34.8 Å². The molecule has 1 aliphatic rings. The van der Waals surface area contributed by atoms with Crippen molar-refractivity contribution < 1.29 is 18.8 Å². The molecule has 188 valence electrons. The van der Waals surface area contributed by atoms with Crippen molar-refractivity contribution in [3.63, 3.8) is 0 Å². The van der Waals surface area contributed by atoms with Crippen molar-refractivity contribution in [1.82, 2.24) is 9.55 Å². The Labute approximate surface area is 209 Å². The molecule has 36 heavy (non-hydrogen) atoms. The number of halogens is 1. The van der Waals surface area contributed by atoms with Crippen LogP contribution in [0.25, 0.3) is 0 Å². The number of aryl methyl sites for hydroxylation is 1. The van der Waals surface area contributed by atoms with Crippen LogP contribution in [0.2, 0.25) is 0 Å². The molecule has 1 saturated heterocycles. The lowest BCUT2D eigenvalue weighted by Crippen LogP contribution is -2.30. The van der Waals surface area contributed by atoms with Crippen LogP contribution >= 0.6 is 0 Å². The van der Waals surface area contributed by atoms with Crippen molar-refractivity contribution in [2.75, 3.05) is 28.6 Å². The highest BCUT2D eigenvalue weighted by atomic mass is 19.1. The van der Waals surface area contributed by atoms with Crippen molar-refractivity contribution in [3.8, 4) is 0 Å². The fourth-order valence-electron chi connectivity index (χ4n) is 4.62. The molecular weight excluding hydrogens is 461 g/mol. The first kappa shape index (κ1) is 25.1. The SMILES string of the molecule is Cc1cc(NC(=O)c2c(C)c(C(=O)C(=O)Nc3ccc(N4CCCCC4)nc3)n(C)c2C)ccc1F. The number of piperidine rings is 1. The fourth-order valence-corrected chi connectivity index (χ4v) is 4.62. The van der Waals surface area contributed by atoms with Crippen molar-refractivity contribution in [3.05, 3.63) is 70.4 Å². The normalized spacial score (nSPS) is 13.4. The largest absolute Gasteiger partial charge is 0.357 e. The predicted molar refractivity (Wildman–Crippen MR) is 137 cm³/mol. The summed E-state index contributed by atoms with van der Waals surface area (Å²) in [4.78, 5) is 45.6. The molecule has 0 radical (unpaired) electrons. The van der Waals surface area contributed by atoms with Crippen LogP contribution in [0.15, 0.2) is 36.5 Å². The quantitative estimate of drug-likeness (QED) is 0.390. The van der Waals surface area contributed by atoms with Crippen molar-refractivity contribution in [2.45, 2.75) is 40.0 Å². The number of carbonyl (C=O) groups excluding carboxylic acids is 3. The smallest absolute Gasteiger partial charge is 0.298 e. The Hall–Kier alpha value is -4.01. The molecule has 4 rings (SSSR count). The summed E-state index contributed by atoms with van der Waals surface area (Å²) in [7, 11) is 1.64. The van der Waals surface area contributed by atoms with E-state index in [-0.39, 0.29) is 11.5 Å². The van der Waals surface area contributed by atoms with E-state index in [0.29, 0.717) is 33.8 Å². The summed E-state index contributed by atoms with van der Waals surface area (Å²) in [5, 5.41) is 5.36. The minimum atomic E-state index is -0.813. The summed E-state index contributed by atoms with van der Waals surface area (Å²) in [6.07, 6.45) is 5.03. The minimum Gasteiger partial charge on any atom is -0.357 e. The molecule has 1 aromatic carbocycles. The van der Waals surface area contributed by atoms with E-state index in [9.17, 15) is 18.8 Å². The third kappa shape index (κ3) is 5.00. The number of hydrogen-bond donors (Lipinski definition) is 2. The molecule has 2 N–H and O–H groups in total. The highest BCUT2D eigenvalue weighted by Gasteiger charge is 2.28. The van der Waals surface area contributed by atoms with E-state index in [1.807, 2.05) is 6.07 Å². The van der Waals surface area contributed by atoms with Gasteiger partial charge in [-0.2, -0.15) is 0 Å². The van der Waals surface area contributed by atoms with Crippen LogP contribution in [0.3, 0.4) is 0 Å². The lowest BCUT2D eigenvalue weighted by molar-refractivity contribution is -0.112. The first-order chi connectivity index (χ1) is 17.2. The van der Waals surface area contributed by atoms with Crippen LogP contribution in [0, 0.1) is 26.6 Å². The van der Waals surface area contributed by atoms with Gasteiger partial charge in [-0.15, -0.1) is 0 Å². The van der Waals surface area contributed by atoms with Crippen LogP contribution in [-0.2, 0) is 11.8 Å². The maximum atomic E-state index is 13.6. The molecule has 0 saturated carbocycles. The van der Waals surface area contributed by atoms with Gasteiger partial charge in [-0.1, -0.05) is 0 Å². The molecule has 8 nitrogen and oxygen atoms in total. The van der Waals surface area contributed by atoms with E-state index in [1.165, 1.54) is 24.6 Å². The van der Waals surface area contributed by atoms with Gasteiger partial charge in [-0.3, -0.25) is 14.4 Å². The van der Waals surface area contributed by atoms with Gasteiger partial charge in [-0.25, -0.2) is 9.37 Å². The number of carbonyl (C=O) groups is 3. The third-order valence-corrected chi connectivity index (χ3v) is 6.68. The van der Waals surface area contributed by atoms with Gasteiger partial charge in [0.25, 0.3) is 17.6 Å². The second-order valence-corrected chi connectivity index (χ2v) is 9.15.